The van der Waals surface area contributed by atoms with Gasteiger partial charge in [-0.25, -0.2) is 9.97 Å². The van der Waals surface area contributed by atoms with Crippen molar-refractivity contribution in [3.05, 3.63) is 35.7 Å². The first-order chi connectivity index (χ1) is 9.26. The van der Waals surface area contributed by atoms with E-state index in [9.17, 15) is 0 Å². The molecule has 0 amide bonds. The Bertz CT molecular complexity index is 537. The van der Waals surface area contributed by atoms with E-state index >= 15 is 0 Å². The number of nitrogens with zero attached hydrogens (tertiary/aromatic N) is 3. The highest BCUT2D eigenvalue weighted by Gasteiger charge is 2.11. The number of pyridine rings is 1. The van der Waals surface area contributed by atoms with Crippen LogP contribution in [0.1, 0.15) is 31.5 Å². The Hall–Kier alpha value is -1.97. The van der Waals surface area contributed by atoms with Gasteiger partial charge >= 0.3 is 0 Å². The highest BCUT2D eigenvalue weighted by Crippen LogP contribution is 2.21. The minimum Gasteiger partial charge on any atom is -0.370 e. The molecule has 4 heteroatoms. The molecule has 0 atom stereocenters. The molecule has 0 fully saturated rings. The van der Waals surface area contributed by atoms with E-state index in [-0.39, 0.29) is 0 Å². The molecule has 0 aromatic carbocycles. The SMILES string of the molecule is CCCNc1nc(-c2ccccn2)nc(C)c1CC. The Morgan fingerprint density at radius 1 is 1.16 bits per heavy atom. The van der Waals surface area contributed by atoms with E-state index in [1.54, 1.807) is 6.20 Å². The van der Waals surface area contributed by atoms with Gasteiger partial charge < -0.3 is 5.32 Å². The molecule has 0 saturated carbocycles. The van der Waals surface area contributed by atoms with Gasteiger partial charge in [0.05, 0.1) is 0 Å². The zero-order valence-corrected chi connectivity index (χ0v) is 11.8. The van der Waals surface area contributed by atoms with Gasteiger partial charge in [0.15, 0.2) is 5.82 Å². The van der Waals surface area contributed by atoms with Gasteiger partial charge in [-0.05, 0) is 31.9 Å². The van der Waals surface area contributed by atoms with Crippen molar-refractivity contribution in [2.45, 2.75) is 33.6 Å². The predicted molar refractivity (Wildman–Crippen MR) is 78.2 cm³/mol. The van der Waals surface area contributed by atoms with Crippen molar-refractivity contribution in [2.75, 3.05) is 11.9 Å². The first-order valence-corrected chi connectivity index (χ1v) is 6.79. The molecule has 2 aromatic heterocycles. The molecule has 2 rings (SSSR count). The number of anilines is 1. The molecule has 4 nitrogen and oxygen atoms in total. The highest BCUT2D eigenvalue weighted by molar-refractivity contribution is 5.56. The van der Waals surface area contributed by atoms with Crippen molar-refractivity contribution in [1.29, 1.82) is 0 Å². The zero-order valence-electron chi connectivity index (χ0n) is 11.8. The number of rotatable bonds is 5. The number of hydrogen-bond acceptors (Lipinski definition) is 4. The minimum atomic E-state index is 0.689. The van der Waals surface area contributed by atoms with Crippen LogP contribution in [0.3, 0.4) is 0 Å². The van der Waals surface area contributed by atoms with Crippen LogP contribution in [0.5, 0.6) is 0 Å². The second kappa shape index (κ2) is 6.27. The van der Waals surface area contributed by atoms with Gasteiger partial charge in [0.1, 0.15) is 11.5 Å². The van der Waals surface area contributed by atoms with E-state index < -0.39 is 0 Å². The summed E-state index contributed by atoms with van der Waals surface area (Å²) in [5, 5.41) is 3.39. The van der Waals surface area contributed by atoms with Crippen LogP contribution in [0.15, 0.2) is 24.4 Å². The summed E-state index contributed by atoms with van der Waals surface area (Å²) in [4.78, 5) is 13.5. The molecule has 2 aromatic rings. The molecular formula is C15H20N4. The summed E-state index contributed by atoms with van der Waals surface area (Å²) in [6.45, 7) is 7.23. The van der Waals surface area contributed by atoms with Crippen LogP contribution in [0.2, 0.25) is 0 Å². The maximum Gasteiger partial charge on any atom is 0.180 e. The third-order valence-corrected chi connectivity index (χ3v) is 3.00. The van der Waals surface area contributed by atoms with Crippen LogP contribution in [0, 0.1) is 6.92 Å². The van der Waals surface area contributed by atoms with E-state index in [0.717, 1.165) is 36.6 Å². The van der Waals surface area contributed by atoms with Gasteiger partial charge in [-0.2, -0.15) is 0 Å². The molecule has 100 valence electrons. The molecular weight excluding hydrogens is 236 g/mol. The van der Waals surface area contributed by atoms with Crippen LogP contribution >= 0.6 is 0 Å². The number of aromatic nitrogens is 3. The largest absolute Gasteiger partial charge is 0.370 e. The van der Waals surface area contributed by atoms with Crippen LogP contribution in [-0.2, 0) is 6.42 Å². The maximum atomic E-state index is 4.63. The van der Waals surface area contributed by atoms with Crippen molar-refractivity contribution in [1.82, 2.24) is 15.0 Å². The van der Waals surface area contributed by atoms with Crippen molar-refractivity contribution in [2.24, 2.45) is 0 Å². The average Bonchev–Trinajstić information content (AvgIpc) is 2.45. The summed E-state index contributed by atoms with van der Waals surface area (Å²) in [6.07, 6.45) is 3.77. The van der Waals surface area contributed by atoms with E-state index in [1.165, 1.54) is 5.56 Å². The topological polar surface area (TPSA) is 50.7 Å². The molecule has 1 N–H and O–H groups in total. The third kappa shape index (κ3) is 3.08. The minimum absolute atomic E-state index is 0.689. The predicted octanol–water partition coefficient (Wildman–Crippen LogP) is 3.23. The third-order valence-electron chi connectivity index (χ3n) is 3.00. The first kappa shape index (κ1) is 13.5. The van der Waals surface area contributed by atoms with Crippen LogP contribution in [-0.4, -0.2) is 21.5 Å². The fourth-order valence-corrected chi connectivity index (χ4v) is 2.02. The van der Waals surface area contributed by atoms with Gasteiger partial charge in [0.25, 0.3) is 0 Å². The van der Waals surface area contributed by atoms with Crippen molar-refractivity contribution in [3.63, 3.8) is 0 Å². The molecule has 0 aliphatic heterocycles. The Kier molecular flexibility index (Phi) is 4.44. The van der Waals surface area contributed by atoms with Crippen molar-refractivity contribution < 1.29 is 0 Å². The normalized spacial score (nSPS) is 10.5. The molecule has 0 aliphatic carbocycles. The fourth-order valence-electron chi connectivity index (χ4n) is 2.02. The second-order valence-electron chi connectivity index (χ2n) is 4.46. The second-order valence-corrected chi connectivity index (χ2v) is 4.46. The lowest BCUT2D eigenvalue weighted by molar-refractivity contribution is 0.936. The van der Waals surface area contributed by atoms with Gasteiger partial charge in [-0.1, -0.05) is 19.9 Å². The van der Waals surface area contributed by atoms with Gasteiger partial charge in [-0.15, -0.1) is 0 Å². The summed E-state index contributed by atoms with van der Waals surface area (Å²) >= 11 is 0. The lowest BCUT2D eigenvalue weighted by Gasteiger charge is -2.13. The molecule has 0 unspecified atom stereocenters. The summed E-state index contributed by atoms with van der Waals surface area (Å²) < 4.78 is 0. The number of nitrogens with one attached hydrogen (secondary N) is 1. The Labute approximate surface area is 114 Å². The van der Waals surface area contributed by atoms with E-state index in [4.69, 9.17) is 0 Å². The Morgan fingerprint density at radius 3 is 2.63 bits per heavy atom. The van der Waals surface area contributed by atoms with Crippen molar-refractivity contribution in [3.8, 4) is 11.5 Å². The zero-order chi connectivity index (χ0) is 13.7. The molecule has 2 heterocycles. The maximum absolute atomic E-state index is 4.63. The molecule has 0 bridgehead atoms. The molecule has 0 spiro atoms. The summed E-state index contributed by atoms with van der Waals surface area (Å²) in [5.74, 6) is 1.63. The highest BCUT2D eigenvalue weighted by atomic mass is 15.0. The van der Waals surface area contributed by atoms with E-state index in [0.29, 0.717) is 5.82 Å². The first-order valence-electron chi connectivity index (χ1n) is 6.79. The lowest BCUT2D eigenvalue weighted by atomic mass is 10.1. The van der Waals surface area contributed by atoms with Crippen molar-refractivity contribution >= 4 is 5.82 Å². The molecule has 19 heavy (non-hydrogen) atoms. The lowest BCUT2D eigenvalue weighted by Crippen LogP contribution is -2.09. The average molecular weight is 256 g/mol. The Morgan fingerprint density at radius 2 is 2.00 bits per heavy atom. The number of hydrogen-bond donors (Lipinski definition) is 1. The molecule has 0 aliphatic rings. The number of aryl methyl sites for hydroxylation is 1. The molecule has 0 saturated heterocycles. The smallest absolute Gasteiger partial charge is 0.180 e. The molecule has 0 radical (unpaired) electrons. The van der Waals surface area contributed by atoms with Gasteiger partial charge in [-0.3, -0.25) is 4.98 Å². The van der Waals surface area contributed by atoms with E-state index in [2.05, 4.69) is 34.1 Å². The summed E-state index contributed by atoms with van der Waals surface area (Å²) in [5.41, 5.74) is 3.03. The quantitative estimate of drug-likeness (QED) is 0.892. The standard InChI is InChI=1S/C15H20N4/c1-4-9-17-14-12(5-2)11(3)18-15(19-14)13-8-6-7-10-16-13/h6-8,10H,4-5,9H2,1-3H3,(H,17,18,19). The Balaban J connectivity index is 2.44. The summed E-state index contributed by atoms with van der Waals surface area (Å²) in [7, 11) is 0. The van der Waals surface area contributed by atoms with Gasteiger partial charge in [0, 0.05) is 24.0 Å². The van der Waals surface area contributed by atoms with Gasteiger partial charge in [0.2, 0.25) is 0 Å². The van der Waals surface area contributed by atoms with Crippen LogP contribution < -0.4 is 5.32 Å². The van der Waals surface area contributed by atoms with Crippen LogP contribution in [0.25, 0.3) is 11.5 Å². The summed E-state index contributed by atoms with van der Waals surface area (Å²) in [6, 6.07) is 5.78. The van der Waals surface area contributed by atoms with Crippen LogP contribution in [0.4, 0.5) is 5.82 Å². The monoisotopic (exact) mass is 256 g/mol. The fraction of sp³-hybridized carbons (Fsp3) is 0.400. The van der Waals surface area contributed by atoms with E-state index in [1.807, 2.05) is 25.1 Å².